The van der Waals surface area contributed by atoms with Gasteiger partial charge in [0.15, 0.2) is 0 Å². The van der Waals surface area contributed by atoms with Crippen molar-refractivity contribution in [2.75, 3.05) is 6.61 Å². The van der Waals surface area contributed by atoms with Crippen molar-refractivity contribution in [3.05, 3.63) is 35.9 Å². The first-order valence-electron chi connectivity index (χ1n) is 5.54. The van der Waals surface area contributed by atoms with Gasteiger partial charge in [-0.15, -0.1) is 0 Å². The number of ether oxygens (including phenoxy) is 1. The average molecular weight is 341 g/mol. The second-order valence-electron chi connectivity index (χ2n) is 3.92. The molecule has 0 bridgehead atoms. The summed E-state index contributed by atoms with van der Waals surface area (Å²) in [6.45, 7) is -0.471. The molecular weight excluding hydrogens is 328 g/mol. The molecule has 0 aromatic heterocycles. The first kappa shape index (κ1) is 16.9. The Labute approximate surface area is 130 Å². The third kappa shape index (κ3) is 6.84. The maximum atomic E-state index is 11.4. The van der Waals surface area contributed by atoms with Gasteiger partial charge >= 0.3 is 12.1 Å². The van der Waals surface area contributed by atoms with Gasteiger partial charge in [0, 0.05) is 6.42 Å². The number of carbonyl (C=O) groups is 2. The maximum absolute atomic E-state index is 11.4. The Bertz CT molecular complexity index is 462. The van der Waals surface area contributed by atoms with Crippen molar-refractivity contribution in [1.29, 1.82) is 0 Å². The molecule has 1 amide bonds. The van der Waals surface area contributed by atoms with Crippen molar-refractivity contribution in [3.63, 3.8) is 0 Å². The molecule has 5 nitrogen and oxygen atoms in total. The van der Waals surface area contributed by atoms with Crippen molar-refractivity contribution in [3.8, 4) is 0 Å². The molecule has 20 heavy (non-hydrogen) atoms. The highest BCUT2D eigenvalue weighted by Gasteiger charge is 2.25. The quantitative estimate of drug-likeness (QED) is 0.808. The van der Waals surface area contributed by atoms with Crippen LogP contribution in [0.5, 0.6) is 0 Å². The van der Waals surface area contributed by atoms with Gasteiger partial charge in [0.05, 0.1) is 0 Å². The highest BCUT2D eigenvalue weighted by Crippen LogP contribution is 2.25. The summed E-state index contributed by atoms with van der Waals surface area (Å²) < 4.78 is 2.88. The summed E-state index contributed by atoms with van der Waals surface area (Å²) in [4.78, 5) is 22.5. The van der Waals surface area contributed by atoms with Gasteiger partial charge in [0.25, 0.3) is 0 Å². The molecule has 8 heteroatoms. The third-order valence-electron chi connectivity index (χ3n) is 2.24. The Morgan fingerprint density at radius 1 is 1.25 bits per heavy atom. The average Bonchev–Trinajstić information content (AvgIpc) is 2.36. The lowest BCUT2D eigenvalue weighted by atomic mass is 10.1. The molecule has 1 atom stereocenters. The third-order valence-corrected chi connectivity index (χ3v) is 2.57. The van der Waals surface area contributed by atoms with E-state index in [0.29, 0.717) is 0 Å². The molecule has 2 N–H and O–H groups in total. The number of rotatable bonds is 5. The number of carbonyl (C=O) groups excluding carboxylic acids is 1. The molecule has 0 aliphatic carbocycles. The van der Waals surface area contributed by atoms with E-state index in [9.17, 15) is 9.59 Å². The molecule has 0 saturated carbocycles. The number of alkyl halides is 3. The second kappa shape index (κ2) is 7.57. The molecular formula is C12H12Cl3NO4. The maximum Gasteiger partial charge on any atom is 0.408 e. The standard InChI is InChI=1S/C12H12Cl3NO4/c13-12(14,15)7-20-11(19)16-9(10(17)18)6-8-4-2-1-3-5-8/h1-5,9H,6-7H2,(H,16,19)(H,17,18)/t9-/m0/s1. The molecule has 0 fully saturated rings. The zero-order valence-electron chi connectivity index (χ0n) is 10.2. The molecule has 0 aliphatic heterocycles. The smallest absolute Gasteiger partial charge is 0.408 e. The molecule has 0 heterocycles. The zero-order chi connectivity index (χ0) is 15.2. The molecule has 1 rings (SSSR count). The number of alkyl carbamates (subject to hydrolysis) is 1. The van der Waals surface area contributed by atoms with E-state index in [4.69, 9.17) is 39.9 Å². The van der Waals surface area contributed by atoms with E-state index in [1.54, 1.807) is 24.3 Å². The fourth-order valence-electron chi connectivity index (χ4n) is 1.38. The minimum Gasteiger partial charge on any atom is -0.480 e. The SMILES string of the molecule is O=C(N[C@@H](Cc1ccccc1)C(=O)O)OCC(Cl)(Cl)Cl. The minimum atomic E-state index is -1.74. The second-order valence-corrected chi connectivity index (χ2v) is 6.43. The van der Waals surface area contributed by atoms with Gasteiger partial charge in [-0.3, -0.25) is 0 Å². The van der Waals surface area contributed by atoms with Crippen LogP contribution in [0.2, 0.25) is 0 Å². The lowest BCUT2D eigenvalue weighted by Crippen LogP contribution is -2.43. The van der Waals surface area contributed by atoms with Crippen LogP contribution in [0.25, 0.3) is 0 Å². The van der Waals surface area contributed by atoms with Crippen molar-refractivity contribution in [2.45, 2.75) is 16.3 Å². The molecule has 0 radical (unpaired) electrons. The summed E-state index contributed by atoms with van der Waals surface area (Å²) in [5, 5.41) is 11.3. The molecule has 1 aromatic carbocycles. The number of benzene rings is 1. The summed E-state index contributed by atoms with van der Waals surface area (Å²) >= 11 is 16.2. The van der Waals surface area contributed by atoms with Gasteiger partial charge in [-0.1, -0.05) is 65.1 Å². The van der Waals surface area contributed by atoms with Gasteiger partial charge in [0.2, 0.25) is 3.79 Å². The van der Waals surface area contributed by atoms with E-state index < -0.39 is 28.5 Å². The van der Waals surface area contributed by atoms with Crippen LogP contribution in [0.4, 0.5) is 4.79 Å². The van der Waals surface area contributed by atoms with Crippen LogP contribution in [0.1, 0.15) is 5.56 Å². The normalized spacial score (nSPS) is 12.6. The van der Waals surface area contributed by atoms with Crippen LogP contribution >= 0.6 is 34.8 Å². The topological polar surface area (TPSA) is 75.6 Å². The summed E-state index contributed by atoms with van der Waals surface area (Å²) in [7, 11) is 0. The number of nitrogens with one attached hydrogen (secondary N) is 1. The summed E-state index contributed by atoms with van der Waals surface area (Å²) in [6, 6.07) is 7.74. The Morgan fingerprint density at radius 3 is 2.35 bits per heavy atom. The van der Waals surface area contributed by atoms with E-state index >= 15 is 0 Å². The Morgan fingerprint density at radius 2 is 1.85 bits per heavy atom. The molecule has 1 aromatic rings. The van der Waals surface area contributed by atoms with E-state index in [0.717, 1.165) is 5.56 Å². The van der Waals surface area contributed by atoms with Crippen LogP contribution < -0.4 is 5.32 Å². The number of aliphatic carboxylic acids is 1. The fourth-order valence-corrected chi connectivity index (χ4v) is 1.54. The highest BCUT2D eigenvalue weighted by molar-refractivity contribution is 6.67. The number of halogens is 3. The van der Waals surface area contributed by atoms with Crippen LogP contribution in [0.3, 0.4) is 0 Å². The molecule has 0 unspecified atom stereocenters. The monoisotopic (exact) mass is 339 g/mol. The predicted octanol–water partition coefficient (Wildman–Crippen LogP) is 2.78. The largest absolute Gasteiger partial charge is 0.480 e. The van der Waals surface area contributed by atoms with Crippen LogP contribution in [0, 0.1) is 0 Å². The summed E-state index contributed by atoms with van der Waals surface area (Å²) in [5.41, 5.74) is 0.765. The molecule has 0 aliphatic rings. The minimum absolute atomic E-state index is 0.124. The van der Waals surface area contributed by atoms with E-state index in [-0.39, 0.29) is 6.42 Å². The van der Waals surface area contributed by atoms with Gasteiger partial charge in [-0.2, -0.15) is 0 Å². The van der Waals surface area contributed by atoms with Gasteiger partial charge in [0.1, 0.15) is 12.6 Å². The van der Waals surface area contributed by atoms with E-state index in [2.05, 4.69) is 10.1 Å². The number of hydrogen-bond donors (Lipinski definition) is 2. The molecule has 110 valence electrons. The lowest BCUT2D eigenvalue weighted by molar-refractivity contribution is -0.139. The van der Waals surface area contributed by atoms with Crippen LogP contribution in [-0.4, -0.2) is 33.6 Å². The number of carboxylic acid groups (broad SMARTS) is 1. The Balaban J connectivity index is 2.55. The van der Waals surface area contributed by atoms with Crippen molar-refractivity contribution >= 4 is 46.9 Å². The first-order valence-corrected chi connectivity index (χ1v) is 6.68. The Hall–Kier alpha value is -1.17. The molecule has 0 spiro atoms. The zero-order valence-corrected chi connectivity index (χ0v) is 12.5. The van der Waals surface area contributed by atoms with Gasteiger partial charge in [-0.25, -0.2) is 9.59 Å². The van der Waals surface area contributed by atoms with Crippen molar-refractivity contribution in [1.82, 2.24) is 5.32 Å². The summed E-state index contributed by atoms with van der Waals surface area (Å²) in [6.07, 6.45) is -0.835. The van der Waals surface area contributed by atoms with Crippen molar-refractivity contribution in [2.24, 2.45) is 0 Å². The van der Waals surface area contributed by atoms with Gasteiger partial charge < -0.3 is 15.2 Å². The highest BCUT2D eigenvalue weighted by atomic mass is 35.6. The van der Waals surface area contributed by atoms with Crippen LogP contribution in [-0.2, 0) is 16.0 Å². The lowest BCUT2D eigenvalue weighted by Gasteiger charge is -2.16. The fraction of sp³-hybridized carbons (Fsp3) is 0.333. The summed E-state index contributed by atoms with van der Waals surface area (Å²) in [5.74, 6) is -1.18. The van der Waals surface area contributed by atoms with Crippen molar-refractivity contribution < 1.29 is 19.4 Å². The van der Waals surface area contributed by atoms with Gasteiger partial charge in [-0.05, 0) is 5.56 Å². The van der Waals surface area contributed by atoms with E-state index in [1.807, 2.05) is 6.07 Å². The number of carboxylic acids is 1. The molecule has 0 saturated heterocycles. The number of amides is 1. The van der Waals surface area contributed by atoms with E-state index in [1.165, 1.54) is 0 Å². The Kier molecular flexibility index (Phi) is 6.39. The predicted molar refractivity (Wildman–Crippen MR) is 76.3 cm³/mol. The first-order chi connectivity index (χ1) is 9.28. The number of hydrogen-bond acceptors (Lipinski definition) is 3. The van der Waals surface area contributed by atoms with Crippen LogP contribution in [0.15, 0.2) is 30.3 Å².